The SMILES string of the molecule is CN=C(NCCN1C(=O)CNC1=O)NC1CCCN(c2cccc(F)c2)C1. The number of nitrogens with one attached hydrogen (secondary N) is 3. The van der Waals surface area contributed by atoms with Crippen molar-refractivity contribution in [2.45, 2.75) is 18.9 Å². The van der Waals surface area contributed by atoms with Gasteiger partial charge in [-0.25, -0.2) is 9.18 Å². The Bertz CT molecular complexity index is 710. The van der Waals surface area contributed by atoms with Gasteiger partial charge in [-0.05, 0) is 31.0 Å². The van der Waals surface area contributed by atoms with Crippen molar-refractivity contribution in [1.82, 2.24) is 20.9 Å². The largest absolute Gasteiger partial charge is 0.369 e. The van der Waals surface area contributed by atoms with E-state index in [1.54, 1.807) is 19.2 Å². The zero-order valence-corrected chi connectivity index (χ0v) is 15.4. The second kappa shape index (κ2) is 8.70. The van der Waals surface area contributed by atoms with Crippen LogP contribution in [0.5, 0.6) is 0 Å². The molecule has 2 fully saturated rings. The first kappa shape index (κ1) is 18.9. The van der Waals surface area contributed by atoms with Crippen molar-refractivity contribution >= 4 is 23.6 Å². The Morgan fingerprint density at radius 2 is 2.26 bits per heavy atom. The van der Waals surface area contributed by atoms with E-state index in [4.69, 9.17) is 0 Å². The molecule has 0 bridgehead atoms. The molecule has 3 N–H and O–H groups in total. The Balaban J connectivity index is 1.49. The quantitative estimate of drug-likeness (QED) is 0.396. The second-order valence-electron chi connectivity index (χ2n) is 6.61. The molecular formula is C18H25FN6O2. The van der Waals surface area contributed by atoms with Gasteiger partial charge in [0.05, 0.1) is 6.54 Å². The van der Waals surface area contributed by atoms with Gasteiger partial charge in [0.25, 0.3) is 0 Å². The topological polar surface area (TPSA) is 89.1 Å². The highest BCUT2D eigenvalue weighted by molar-refractivity contribution is 6.01. The Kier molecular flexibility index (Phi) is 6.10. The molecule has 2 heterocycles. The minimum Gasteiger partial charge on any atom is -0.369 e. The van der Waals surface area contributed by atoms with Gasteiger partial charge in [-0.1, -0.05) is 6.07 Å². The normalized spacial score (nSPS) is 20.7. The van der Waals surface area contributed by atoms with Crippen molar-refractivity contribution in [3.05, 3.63) is 30.1 Å². The highest BCUT2D eigenvalue weighted by atomic mass is 19.1. The number of rotatable bonds is 5. The number of carbonyl (C=O) groups is 2. The Morgan fingerprint density at radius 3 is 2.96 bits per heavy atom. The fourth-order valence-corrected chi connectivity index (χ4v) is 3.36. The summed E-state index contributed by atoms with van der Waals surface area (Å²) in [4.78, 5) is 30.7. The third-order valence-electron chi connectivity index (χ3n) is 4.72. The van der Waals surface area contributed by atoms with E-state index in [9.17, 15) is 14.0 Å². The van der Waals surface area contributed by atoms with Gasteiger partial charge in [0, 0.05) is 45.0 Å². The minimum atomic E-state index is -0.359. The number of carbonyl (C=O) groups excluding carboxylic acids is 2. The van der Waals surface area contributed by atoms with Gasteiger partial charge in [0.1, 0.15) is 5.82 Å². The monoisotopic (exact) mass is 376 g/mol. The summed E-state index contributed by atoms with van der Waals surface area (Å²) in [5.41, 5.74) is 0.878. The molecule has 146 valence electrons. The number of hydrogen-bond acceptors (Lipinski definition) is 4. The molecule has 0 spiro atoms. The number of guanidine groups is 1. The van der Waals surface area contributed by atoms with E-state index in [2.05, 4.69) is 25.8 Å². The molecule has 0 radical (unpaired) electrons. The maximum absolute atomic E-state index is 13.5. The van der Waals surface area contributed by atoms with Crippen molar-refractivity contribution in [1.29, 1.82) is 0 Å². The zero-order valence-electron chi connectivity index (χ0n) is 15.4. The molecule has 27 heavy (non-hydrogen) atoms. The number of imide groups is 1. The summed E-state index contributed by atoms with van der Waals surface area (Å²) in [5.74, 6) is 0.163. The summed E-state index contributed by atoms with van der Waals surface area (Å²) >= 11 is 0. The second-order valence-corrected chi connectivity index (χ2v) is 6.61. The summed E-state index contributed by atoms with van der Waals surface area (Å²) in [6, 6.07) is 6.44. The number of piperidine rings is 1. The third kappa shape index (κ3) is 4.87. The van der Waals surface area contributed by atoms with Gasteiger partial charge in [-0.2, -0.15) is 0 Å². The van der Waals surface area contributed by atoms with Crippen LogP contribution in [0, 0.1) is 5.82 Å². The van der Waals surface area contributed by atoms with Crippen LogP contribution in [0.1, 0.15) is 12.8 Å². The molecule has 2 aliphatic rings. The number of amides is 3. The fourth-order valence-electron chi connectivity index (χ4n) is 3.36. The molecule has 3 rings (SSSR count). The molecule has 0 aromatic heterocycles. The predicted octanol–water partition coefficient (Wildman–Crippen LogP) is 0.511. The average Bonchev–Trinajstić information content (AvgIpc) is 2.99. The lowest BCUT2D eigenvalue weighted by Gasteiger charge is -2.35. The van der Waals surface area contributed by atoms with Gasteiger partial charge in [-0.15, -0.1) is 0 Å². The lowest BCUT2D eigenvalue weighted by atomic mass is 10.0. The summed E-state index contributed by atoms with van der Waals surface area (Å²) < 4.78 is 13.5. The predicted molar refractivity (Wildman–Crippen MR) is 101 cm³/mol. The molecule has 1 aromatic rings. The van der Waals surface area contributed by atoms with Crippen LogP contribution < -0.4 is 20.9 Å². The first-order chi connectivity index (χ1) is 13.1. The summed E-state index contributed by atoms with van der Waals surface area (Å²) in [6.07, 6.45) is 1.98. The number of urea groups is 1. The average molecular weight is 376 g/mol. The van der Waals surface area contributed by atoms with Crippen LogP contribution >= 0.6 is 0 Å². The van der Waals surface area contributed by atoms with Crippen molar-refractivity contribution in [2.75, 3.05) is 44.7 Å². The summed E-state index contributed by atoms with van der Waals surface area (Å²) in [5, 5.41) is 9.00. The number of nitrogens with zero attached hydrogens (tertiary/aromatic N) is 3. The molecule has 3 amide bonds. The molecule has 2 saturated heterocycles. The molecular weight excluding hydrogens is 351 g/mol. The maximum Gasteiger partial charge on any atom is 0.324 e. The minimum absolute atomic E-state index is 0.0593. The highest BCUT2D eigenvalue weighted by Crippen LogP contribution is 2.20. The van der Waals surface area contributed by atoms with E-state index in [0.29, 0.717) is 12.5 Å². The molecule has 8 nitrogen and oxygen atoms in total. The number of hydrogen-bond donors (Lipinski definition) is 3. The highest BCUT2D eigenvalue weighted by Gasteiger charge is 2.28. The van der Waals surface area contributed by atoms with Crippen LogP contribution in [0.3, 0.4) is 0 Å². The maximum atomic E-state index is 13.5. The van der Waals surface area contributed by atoms with Crippen LogP contribution in [0.2, 0.25) is 0 Å². The van der Waals surface area contributed by atoms with E-state index in [1.807, 2.05) is 6.07 Å². The summed E-state index contributed by atoms with van der Waals surface area (Å²) in [6.45, 7) is 2.39. The third-order valence-corrected chi connectivity index (χ3v) is 4.72. The van der Waals surface area contributed by atoms with Gasteiger partial charge < -0.3 is 20.9 Å². The van der Waals surface area contributed by atoms with E-state index in [1.165, 1.54) is 11.0 Å². The van der Waals surface area contributed by atoms with Crippen LogP contribution in [-0.4, -0.2) is 68.6 Å². The Hall–Kier alpha value is -2.84. The number of benzene rings is 1. The van der Waals surface area contributed by atoms with Crippen LogP contribution in [-0.2, 0) is 4.79 Å². The van der Waals surface area contributed by atoms with Crippen molar-refractivity contribution in [3.8, 4) is 0 Å². The van der Waals surface area contributed by atoms with Gasteiger partial charge in [0.15, 0.2) is 5.96 Å². The molecule has 1 atom stereocenters. The van der Waals surface area contributed by atoms with Crippen molar-refractivity contribution in [2.24, 2.45) is 4.99 Å². The molecule has 2 aliphatic heterocycles. The van der Waals surface area contributed by atoms with Gasteiger partial charge in [-0.3, -0.25) is 14.7 Å². The zero-order chi connectivity index (χ0) is 19.2. The van der Waals surface area contributed by atoms with E-state index in [-0.39, 0.29) is 36.9 Å². The Labute approximate surface area is 157 Å². The standard InChI is InChI=1S/C18H25FN6O2/c1-20-17(21-7-9-25-16(26)11-22-18(25)27)23-14-5-3-8-24(12-14)15-6-2-4-13(19)10-15/h2,4,6,10,14H,3,5,7-9,11-12H2,1H3,(H,22,27)(H2,20,21,23). The van der Waals surface area contributed by atoms with Crippen molar-refractivity contribution in [3.63, 3.8) is 0 Å². The van der Waals surface area contributed by atoms with Crippen molar-refractivity contribution < 1.29 is 14.0 Å². The van der Waals surface area contributed by atoms with E-state index >= 15 is 0 Å². The lowest BCUT2D eigenvalue weighted by molar-refractivity contribution is -0.124. The first-order valence-electron chi connectivity index (χ1n) is 9.12. The summed E-state index contributed by atoms with van der Waals surface area (Å²) in [7, 11) is 1.68. The molecule has 1 unspecified atom stereocenters. The molecule has 0 aliphatic carbocycles. The van der Waals surface area contributed by atoms with Gasteiger partial charge >= 0.3 is 6.03 Å². The van der Waals surface area contributed by atoms with Gasteiger partial charge in [0.2, 0.25) is 5.91 Å². The molecule has 1 aromatic carbocycles. The smallest absolute Gasteiger partial charge is 0.324 e. The Morgan fingerprint density at radius 1 is 1.41 bits per heavy atom. The van der Waals surface area contributed by atoms with Crippen LogP contribution in [0.25, 0.3) is 0 Å². The van der Waals surface area contributed by atoms with E-state index in [0.717, 1.165) is 31.6 Å². The fraction of sp³-hybridized carbons (Fsp3) is 0.500. The molecule has 0 saturated carbocycles. The van der Waals surface area contributed by atoms with E-state index < -0.39 is 0 Å². The number of halogens is 1. The van der Waals surface area contributed by atoms with Crippen LogP contribution in [0.15, 0.2) is 29.3 Å². The van der Waals surface area contributed by atoms with Crippen LogP contribution in [0.4, 0.5) is 14.9 Å². The number of anilines is 1. The molecule has 9 heteroatoms. The number of aliphatic imine (C=N–C) groups is 1. The first-order valence-corrected chi connectivity index (χ1v) is 9.12. The lowest BCUT2D eigenvalue weighted by Crippen LogP contribution is -2.52.